The predicted octanol–water partition coefficient (Wildman–Crippen LogP) is 2.50. The lowest BCUT2D eigenvalue weighted by Gasteiger charge is -2.42. The average Bonchev–Trinajstić information content (AvgIpc) is 3.20. The van der Waals surface area contributed by atoms with E-state index in [4.69, 9.17) is 5.11 Å². The van der Waals surface area contributed by atoms with E-state index in [0.29, 0.717) is 31.2 Å². The van der Waals surface area contributed by atoms with Crippen LogP contribution in [-0.2, 0) is 6.54 Å². The molecule has 0 saturated carbocycles. The Labute approximate surface area is 178 Å². The summed E-state index contributed by atoms with van der Waals surface area (Å²) in [6.07, 6.45) is 2.51. The number of hydrogen-bond donors (Lipinski definition) is 2. The highest BCUT2D eigenvalue weighted by Gasteiger charge is 2.37. The predicted molar refractivity (Wildman–Crippen MR) is 113 cm³/mol. The molecule has 0 aliphatic carbocycles. The third kappa shape index (κ3) is 3.43. The van der Waals surface area contributed by atoms with Crippen molar-refractivity contribution >= 4 is 11.9 Å². The van der Waals surface area contributed by atoms with Crippen molar-refractivity contribution in [3.63, 3.8) is 0 Å². The van der Waals surface area contributed by atoms with Gasteiger partial charge in [-0.1, -0.05) is 12.1 Å². The molecule has 2 atom stereocenters. The maximum atomic E-state index is 12.9. The molecule has 2 N–H and O–H groups in total. The molecule has 5 rings (SSSR count). The van der Waals surface area contributed by atoms with Crippen LogP contribution >= 0.6 is 0 Å². The Morgan fingerprint density at radius 2 is 1.87 bits per heavy atom. The fourth-order valence-corrected chi connectivity index (χ4v) is 4.80. The number of carbonyl (C=O) groups excluding carboxylic acids is 1. The van der Waals surface area contributed by atoms with Crippen molar-refractivity contribution in [1.82, 2.24) is 19.4 Å². The first kappa shape index (κ1) is 19.3. The van der Waals surface area contributed by atoms with Crippen molar-refractivity contribution in [3.8, 4) is 11.1 Å². The van der Waals surface area contributed by atoms with Gasteiger partial charge in [-0.05, 0) is 48.6 Å². The van der Waals surface area contributed by atoms with E-state index in [2.05, 4.69) is 9.97 Å². The van der Waals surface area contributed by atoms with Gasteiger partial charge in [-0.3, -0.25) is 9.59 Å². The summed E-state index contributed by atoms with van der Waals surface area (Å²) >= 11 is 0. The lowest BCUT2D eigenvalue weighted by atomic mass is 9.82. The number of carbonyl (C=O) groups is 2. The normalized spacial score (nSPS) is 19.7. The molecule has 1 amide bonds. The number of benzene rings is 1. The van der Waals surface area contributed by atoms with Gasteiger partial charge in [0.15, 0.2) is 0 Å². The summed E-state index contributed by atoms with van der Waals surface area (Å²) in [5.41, 5.74) is 3.12. The molecule has 8 heteroatoms. The first-order valence-electron chi connectivity index (χ1n) is 10.3. The van der Waals surface area contributed by atoms with E-state index in [9.17, 15) is 14.4 Å². The Kier molecular flexibility index (Phi) is 4.50. The van der Waals surface area contributed by atoms with Crippen molar-refractivity contribution in [2.75, 3.05) is 13.1 Å². The minimum absolute atomic E-state index is 0.0616. The van der Waals surface area contributed by atoms with Gasteiger partial charge in [-0.15, -0.1) is 0 Å². The fourth-order valence-electron chi connectivity index (χ4n) is 4.80. The summed E-state index contributed by atoms with van der Waals surface area (Å²) < 4.78 is 1.83. The largest absolute Gasteiger partial charge is 0.478 e. The number of hydrogen-bond acceptors (Lipinski definition) is 4. The number of nitrogens with zero attached hydrogens (tertiary/aromatic N) is 3. The van der Waals surface area contributed by atoms with Crippen LogP contribution in [0.2, 0.25) is 0 Å². The first-order chi connectivity index (χ1) is 14.9. The van der Waals surface area contributed by atoms with Crippen LogP contribution in [0.25, 0.3) is 11.1 Å². The molecule has 1 saturated heterocycles. The average molecular weight is 418 g/mol. The monoisotopic (exact) mass is 418 g/mol. The molecule has 3 aromatic rings. The first-order valence-corrected chi connectivity index (χ1v) is 10.3. The van der Waals surface area contributed by atoms with E-state index in [1.165, 1.54) is 12.1 Å². The number of carboxylic acids is 1. The molecule has 158 valence electrons. The summed E-state index contributed by atoms with van der Waals surface area (Å²) in [4.78, 5) is 45.9. The van der Waals surface area contributed by atoms with E-state index >= 15 is 0 Å². The van der Waals surface area contributed by atoms with E-state index in [0.717, 1.165) is 23.2 Å². The van der Waals surface area contributed by atoms with Crippen molar-refractivity contribution in [2.24, 2.45) is 5.92 Å². The van der Waals surface area contributed by atoms with Crippen LogP contribution in [0.1, 0.15) is 44.7 Å². The number of aromatic carboxylic acids is 1. The molecule has 1 fully saturated rings. The van der Waals surface area contributed by atoms with Gasteiger partial charge in [-0.2, -0.15) is 0 Å². The zero-order valence-corrected chi connectivity index (χ0v) is 17.0. The molecule has 4 heterocycles. The second-order valence-electron chi connectivity index (χ2n) is 8.39. The fraction of sp³-hybridized carbons (Fsp3) is 0.304. The Hall–Kier alpha value is -3.68. The van der Waals surface area contributed by atoms with Gasteiger partial charge in [0.2, 0.25) is 0 Å². The molecular weight excluding hydrogens is 396 g/mol. The zero-order valence-electron chi connectivity index (χ0n) is 17.0. The van der Waals surface area contributed by atoms with Crippen LogP contribution in [0.15, 0.2) is 47.4 Å². The number of aryl methyl sites for hydroxylation is 1. The molecule has 2 aromatic heterocycles. The van der Waals surface area contributed by atoms with Gasteiger partial charge in [-0.25, -0.2) is 9.78 Å². The summed E-state index contributed by atoms with van der Waals surface area (Å²) in [6, 6.07) is 10.1. The minimum Gasteiger partial charge on any atom is -0.478 e. The van der Waals surface area contributed by atoms with Crippen LogP contribution in [0.3, 0.4) is 0 Å². The zero-order chi connectivity index (χ0) is 21.7. The minimum atomic E-state index is -0.984. The molecular formula is C23H22N4O4. The van der Waals surface area contributed by atoms with Gasteiger partial charge < -0.3 is 19.6 Å². The summed E-state index contributed by atoms with van der Waals surface area (Å²) in [7, 11) is 0. The Morgan fingerprint density at radius 1 is 1.10 bits per heavy atom. The van der Waals surface area contributed by atoms with Gasteiger partial charge in [0.05, 0.1) is 11.8 Å². The molecule has 0 unspecified atom stereocenters. The number of amides is 1. The SMILES string of the molecule is Cc1ncc(C(=O)N2C[C@@H]3C[C@H](C2)c2cc(-c4ccc(C(=O)O)cc4)cc(=O)n2C3)[nH]1. The van der Waals surface area contributed by atoms with Gasteiger partial charge in [0.25, 0.3) is 11.5 Å². The number of H-pyrrole nitrogens is 1. The van der Waals surface area contributed by atoms with E-state index in [1.807, 2.05) is 22.5 Å². The number of imidazole rings is 1. The number of aromatic amines is 1. The van der Waals surface area contributed by atoms with Gasteiger partial charge in [0.1, 0.15) is 11.5 Å². The lowest BCUT2D eigenvalue weighted by molar-refractivity contribution is 0.0589. The molecule has 0 spiro atoms. The topological polar surface area (TPSA) is 108 Å². The second-order valence-corrected chi connectivity index (χ2v) is 8.39. The van der Waals surface area contributed by atoms with Crippen molar-refractivity contribution in [3.05, 3.63) is 75.7 Å². The molecule has 2 aliphatic heterocycles. The van der Waals surface area contributed by atoms with Crippen molar-refractivity contribution < 1.29 is 14.7 Å². The smallest absolute Gasteiger partial charge is 0.335 e. The second kappa shape index (κ2) is 7.23. The van der Waals surface area contributed by atoms with Crippen LogP contribution in [0.5, 0.6) is 0 Å². The lowest BCUT2D eigenvalue weighted by Crippen LogP contribution is -2.49. The van der Waals surface area contributed by atoms with Gasteiger partial charge in [0, 0.05) is 37.3 Å². The number of fused-ring (bicyclic) bond motifs is 4. The Morgan fingerprint density at radius 3 is 2.55 bits per heavy atom. The number of piperidine rings is 1. The number of pyridine rings is 1. The standard InChI is InChI=1S/C23H22N4O4/c1-13-24-9-19(25-13)22(29)26-10-14-6-18(12-26)20-7-17(8-21(28)27(20)11-14)15-2-4-16(5-3-15)23(30)31/h2-5,7-9,14,18H,6,10-12H2,1H3,(H,24,25)(H,30,31)/t14-,18+/m0/s1. The van der Waals surface area contributed by atoms with E-state index in [-0.39, 0.29) is 28.9 Å². The van der Waals surface area contributed by atoms with E-state index < -0.39 is 5.97 Å². The van der Waals surface area contributed by atoms with Crippen LogP contribution < -0.4 is 5.56 Å². The molecule has 0 radical (unpaired) electrons. The van der Waals surface area contributed by atoms with Crippen molar-refractivity contribution in [2.45, 2.75) is 25.8 Å². The van der Waals surface area contributed by atoms with Gasteiger partial charge >= 0.3 is 5.97 Å². The maximum Gasteiger partial charge on any atom is 0.335 e. The molecule has 1 aromatic carbocycles. The molecule has 2 bridgehead atoms. The number of aromatic nitrogens is 3. The summed E-state index contributed by atoms with van der Waals surface area (Å²) in [5, 5.41) is 9.11. The third-order valence-corrected chi connectivity index (χ3v) is 6.24. The number of nitrogens with one attached hydrogen (secondary N) is 1. The number of carboxylic acid groups (broad SMARTS) is 1. The highest BCUT2D eigenvalue weighted by Crippen LogP contribution is 2.37. The maximum absolute atomic E-state index is 12.9. The molecule has 31 heavy (non-hydrogen) atoms. The van der Waals surface area contributed by atoms with E-state index in [1.54, 1.807) is 24.4 Å². The third-order valence-electron chi connectivity index (χ3n) is 6.24. The summed E-state index contributed by atoms with van der Waals surface area (Å²) in [5.74, 6) is -0.0333. The highest BCUT2D eigenvalue weighted by molar-refractivity contribution is 5.92. The highest BCUT2D eigenvalue weighted by atomic mass is 16.4. The number of likely N-dealkylation sites (tertiary alicyclic amines) is 1. The Bertz CT molecular complexity index is 1240. The van der Waals surface area contributed by atoms with Crippen LogP contribution in [0.4, 0.5) is 0 Å². The molecule has 2 aliphatic rings. The van der Waals surface area contributed by atoms with Crippen molar-refractivity contribution in [1.29, 1.82) is 0 Å². The van der Waals surface area contributed by atoms with Crippen LogP contribution in [-0.4, -0.2) is 49.5 Å². The summed E-state index contributed by atoms with van der Waals surface area (Å²) in [6.45, 7) is 3.58. The quantitative estimate of drug-likeness (QED) is 0.679. The number of rotatable bonds is 3. The van der Waals surface area contributed by atoms with Crippen LogP contribution in [0, 0.1) is 12.8 Å². The Balaban J connectivity index is 1.47. The molecule has 8 nitrogen and oxygen atoms in total.